The first kappa shape index (κ1) is 22.6. The van der Waals surface area contributed by atoms with Gasteiger partial charge in [0.05, 0.1) is 20.8 Å². The zero-order valence-electron chi connectivity index (χ0n) is 17.3. The number of esters is 1. The molecule has 33 heavy (non-hydrogen) atoms. The van der Waals surface area contributed by atoms with E-state index in [0.717, 1.165) is 10.2 Å². The SMILES string of the molecule is CC(=O)Nc1ccc(S(=O)(=O)NCC(=O)OCc2cc(=O)n3c(n2)sc2ccccc23)cc1. The number of carbonyl (C=O) groups excluding carboxylic acids is 2. The van der Waals surface area contributed by atoms with Gasteiger partial charge in [-0.1, -0.05) is 23.5 Å². The summed E-state index contributed by atoms with van der Waals surface area (Å²) in [5.41, 5.74) is 1.15. The highest BCUT2D eigenvalue weighted by Crippen LogP contribution is 2.23. The number of amides is 1. The zero-order valence-corrected chi connectivity index (χ0v) is 18.9. The van der Waals surface area contributed by atoms with Gasteiger partial charge in [0.2, 0.25) is 15.9 Å². The molecule has 0 aliphatic rings. The summed E-state index contributed by atoms with van der Waals surface area (Å²) in [6.45, 7) is 0.469. The van der Waals surface area contributed by atoms with Crippen LogP contribution in [0.4, 0.5) is 5.69 Å². The summed E-state index contributed by atoms with van der Waals surface area (Å²) >= 11 is 1.34. The van der Waals surface area contributed by atoms with Crippen molar-refractivity contribution in [3.8, 4) is 0 Å². The standard InChI is InChI=1S/C21H18N4O6S2/c1-13(26)23-14-6-8-16(9-7-14)33(29,30)22-11-20(28)31-12-15-10-19(27)25-17-4-2-3-5-18(17)32-21(25)24-15/h2-10,22H,11-12H2,1H3,(H,23,26). The monoisotopic (exact) mass is 486 g/mol. The summed E-state index contributed by atoms with van der Waals surface area (Å²) in [4.78, 5) is 40.4. The van der Waals surface area contributed by atoms with Crippen LogP contribution in [0.3, 0.4) is 0 Å². The van der Waals surface area contributed by atoms with E-state index in [4.69, 9.17) is 4.74 Å². The molecule has 12 heteroatoms. The minimum absolute atomic E-state index is 0.0747. The summed E-state index contributed by atoms with van der Waals surface area (Å²) in [6, 6.07) is 14.1. The second-order valence-corrected chi connectivity index (χ2v) is 9.74. The first-order chi connectivity index (χ1) is 15.7. The number of benzene rings is 2. The van der Waals surface area contributed by atoms with Crippen molar-refractivity contribution in [2.75, 3.05) is 11.9 Å². The maximum Gasteiger partial charge on any atom is 0.321 e. The Hall–Kier alpha value is -3.61. The molecule has 4 aromatic rings. The van der Waals surface area contributed by atoms with Crippen LogP contribution in [0.5, 0.6) is 0 Å². The van der Waals surface area contributed by atoms with Crippen molar-refractivity contribution in [2.45, 2.75) is 18.4 Å². The van der Waals surface area contributed by atoms with Gasteiger partial charge in [-0.05, 0) is 36.4 Å². The third kappa shape index (κ3) is 5.08. The van der Waals surface area contributed by atoms with Crippen LogP contribution >= 0.6 is 11.3 Å². The molecule has 10 nitrogen and oxygen atoms in total. The summed E-state index contributed by atoms with van der Waals surface area (Å²) in [5.74, 6) is -1.11. The number of nitrogens with zero attached hydrogens (tertiary/aromatic N) is 2. The number of rotatable bonds is 7. The lowest BCUT2D eigenvalue weighted by atomic mass is 10.3. The number of hydrogen-bond acceptors (Lipinski definition) is 8. The Kier molecular flexibility index (Phi) is 6.22. The van der Waals surface area contributed by atoms with Crippen molar-refractivity contribution in [3.63, 3.8) is 0 Å². The first-order valence-corrected chi connectivity index (χ1v) is 12.0. The van der Waals surface area contributed by atoms with Crippen molar-refractivity contribution in [1.82, 2.24) is 14.1 Å². The van der Waals surface area contributed by atoms with Crippen molar-refractivity contribution in [2.24, 2.45) is 0 Å². The summed E-state index contributed by atoms with van der Waals surface area (Å²) in [5, 5.41) is 2.53. The average molecular weight is 487 g/mol. The Morgan fingerprint density at radius 1 is 1.12 bits per heavy atom. The predicted octanol–water partition coefficient (Wildman–Crippen LogP) is 1.89. The largest absolute Gasteiger partial charge is 0.458 e. The Balaban J connectivity index is 1.38. The molecule has 0 fully saturated rings. The van der Waals surface area contributed by atoms with Gasteiger partial charge in [-0.15, -0.1) is 0 Å². The van der Waals surface area contributed by atoms with Crippen molar-refractivity contribution in [1.29, 1.82) is 0 Å². The highest BCUT2D eigenvalue weighted by Gasteiger charge is 2.17. The lowest BCUT2D eigenvalue weighted by Crippen LogP contribution is -2.30. The lowest BCUT2D eigenvalue weighted by molar-refractivity contribution is -0.143. The topological polar surface area (TPSA) is 136 Å². The Labute approximate surface area is 191 Å². The number of aromatic nitrogens is 2. The normalized spacial score (nSPS) is 11.5. The number of para-hydroxylation sites is 1. The van der Waals surface area contributed by atoms with E-state index >= 15 is 0 Å². The van der Waals surface area contributed by atoms with Crippen LogP contribution in [-0.4, -0.2) is 36.2 Å². The maximum atomic E-state index is 12.5. The van der Waals surface area contributed by atoms with E-state index in [0.29, 0.717) is 10.6 Å². The number of carbonyl (C=O) groups is 2. The molecule has 2 heterocycles. The molecule has 0 saturated carbocycles. The zero-order chi connectivity index (χ0) is 23.6. The van der Waals surface area contributed by atoms with Crippen LogP contribution in [0.15, 0.2) is 64.3 Å². The Morgan fingerprint density at radius 3 is 2.58 bits per heavy atom. The number of fused-ring (bicyclic) bond motifs is 3. The van der Waals surface area contributed by atoms with E-state index in [1.807, 2.05) is 24.3 Å². The van der Waals surface area contributed by atoms with E-state index in [2.05, 4.69) is 15.0 Å². The van der Waals surface area contributed by atoms with E-state index in [1.165, 1.54) is 53.0 Å². The molecular weight excluding hydrogens is 468 g/mol. The van der Waals surface area contributed by atoms with Crippen molar-refractivity contribution < 1.29 is 22.7 Å². The molecule has 0 unspecified atom stereocenters. The highest BCUT2D eigenvalue weighted by molar-refractivity contribution is 7.89. The quantitative estimate of drug-likeness (QED) is 0.381. The van der Waals surface area contributed by atoms with E-state index in [1.54, 1.807) is 0 Å². The molecule has 0 bridgehead atoms. The van der Waals surface area contributed by atoms with Crippen LogP contribution in [-0.2, 0) is 31.0 Å². The molecule has 2 N–H and O–H groups in total. The fourth-order valence-corrected chi connectivity index (χ4v) is 5.08. The Bertz CT molecular complexity index is 1520. The van der Waals surface area contributed by atoms with Crippen LogP contribution in [0.1, 0.15) is 12.6 Å². The number of thiazole rings is 1. The Morgan fingerprint density at radius 2 is 1.85 bits per heavy atom. The fraction of sp³-hybridized carbons (Fsp3) is 0.143. The van der Waals surface area contributed by atoms with Crippen LogP contribution in [0.25, 0.3) is 15.2 Å². The predicted molar refractivity (Wildman–Crippen MR) is 123 cm³/mol. The molecule has 2 aromatic carbocycles. The number of anilines is 1. The van der Waals surface area contributed by atoms with Crippen LogP contribution in [0, 0.1) is 0 Å². The highest BCUT2D eigenvalue weighted by atomic mass is 32.2. The first-order valence-electron chi connectivity index (χ1n) is 9.66. The summed E-state index contributed by atoms with van der Waals surface area (Å²) in [7, 11) is -3.96. The van der Waals surface area contributed by atoms with Gasteiger partial charge < -0.3 is 10.1 Å². The molecule has 0 spiro atoms. The second kappa shape index (κ2) is 9.10. The molecular formula is C21H18N4O6S2. The van der Waals surface area contributed by atoms with Gasteiger partial charge in [-0.25, -0.2) is 13.4 Å². The van der Waals surface area contributed by atoms with Gasteiger partial charge in [0, 0.05) is 18.7 Å². The van der Waals surface area contributed by atoms with E-state index in [-0.39, 0.29) is 28.7 Å². The lowest BCUT2D eigenvalue weighted by Gasteiger charge is -2.08. The summed E-state index contributed by atoms with van der Waals surface area (Å²) in [6.07, 6.45) is 0. The molecule has 170 valence electrons. The molecule has 0 atom stereocenters. The maximum absolute atomic E-state index is 12.5. The molecule has 1 amide bonds. The molecule has 0 aliphatic heterocycles. The van der Waals surface area contributed by atoms with Gasteiger partial charge >= 0.3 is 5.97 Å². The van der Waals surface area contributed by atoms with Gasteiger partial charge in [0.25, 0.3) is 5.56 Å². The third-order valence-corrected chi connectivity index (χ3v) is 6.96. The molecule has 0 radical (unpaired) electrons. The molecule has 4 rings (SSSR count). The van der Waals surface area contributed by atoms with Gasteiger partial charge in [0.1, 0.15) is 13.2 Å². The number of hydrogen-bond donors (Lipinski definition) is 2. The molecule has 2 aromatic heterocycles. The van der Waals surface area contributed by atoms with Gasteiger partial charge in [0.15, 0.2) is 4.96 Å². The van der Waals surface area contributed by atoms with Crippen molar-refractivity contribution >= 4 is 54.1 Å². The smallest absolute Gasteiger partial charge is 0.321 e. The number of sulfonamides is 1. The van der Waals surface area contributed by atoms with E-state index < -0.39 is 22.5 Å². The average Bonchev–Trinajstić information content (AvgIpc) is 3.15. The molecule has 0 aliphatic carbocycles. The second-order valence-electron chi connectivity index (χ2n) is 6.96. The van der Waals surface area contributed by atoms with Gasteiger partial charge in [-0.2, -0.15) is 4.72 Å². The number of ether oxygens (including phenoxy) is 1. The van der Waals surface area contributed by atoms with Gasteiger partial charge in [-0.3, -0.25) is 18.8 Å². The van der Waals surface area contributed by atoms with E-state index in [9.17, 15) is 22.8 Å². The summed E-state index contributed by atoms with van der Waals surface area (Å²) < 4.78 is 34.3. The van der Waals surface area contributed by atoms with Crippen molar-refractivity contribution in [3.05, 3.63) is 70.6 Å². The fourth-order valence-electron chi connectivity index (χ4n) is 3.06. The molecule has 0 saturated heterocycles. The third-order valence-electron chi connectivity index (χ3n) is 4.52. The van der Waals surface area contributed by atoms with Crippen LogP contribution < -0.4 is 15.6 Å². The minimum atomic E-state index is -3.96. The number of nitrogens with one attached hydrogen (secondary N) is 2. The minimum Gasteiger partial charge on any atom is -0.458 e. The van der Waals surface area contributed by atoms with Crippen LogP contribution in [0.2, 0.25) is 0 Å².